The number of benzene rings is 2. The molecule has 0 radical (unpaired) electrons. The highest BCUT2D eigenvalue weighted by Crippen LogP contribution is 2.43. The molecule has 1 fully saturated rings. The van der Waals surface area contributed by atoms with Crippen molar-refractivity contribution in [1.29, 1.82) is 0 Å². The number of aromatic carboxylic acids is 1. The minimum absolute atomic E-state index is 0.00982. The van der Waals surface area contributed by atoms with Gasteiger partial charge in [-0.3, -0.25) is 4.72 Å². The van der Waals surface area contributed by atoms with Crippen molar-refractivity contribution in [3.05, 3.63) is 64.2 Å². The Kier molecular flexibility index (Phi) is 6.76. The summed E-state index contributed by atoms with van der Waals surface area (Å²) in [6.45, 7) is 5.11. The number of rotatable bonds is 7. The zero-order valence-corrected chi connectivity index (χ0v) is 22.8. The fourth-order valence-corrected chi connectivity index (χ4v) is 7.39. The average Bonchev–Trinajstić information content (AvgIpc) is 3.44. The lowest BCUT2D eigenvalue weighted by atomic mass is 9.71. The number of ether oxygens (including phenoxy) is 1. The molecule has 5 rings (SSSR count). The summed E-state index contributed by atoms with van der Waals surface area (Å²) in [5.74, 6) is -0.363. The van der Waals surface area contributed by atoms with E-state index in [4.69, 9.17) is 14.8 Å². The fourth-order valence-electron chi connectivity index (χ4n) is 5.05. The molecular formula is C27H31N3O5S2. The molecule has 1 aliphatic carbocycles. The molecule has 3 aromatic rings. The average molecular weight is 542 g/mol. The van der Waals surface area contributed by atoms with Gasteiger partial charge in [-0.25, -0.2) is 9.78 Å². The van der Waals surface area contributed by atoms with Crippen molar-refractivity contribution in [1.82, 2.24) is 9.29 Å². The Morgan fingerprint density at radius 3 is 2.46 bits per heavy atom. The third kappa shape index (κ3) is 5.37. The minimum Gasteiger partial charge on any atom is -0.495 e. The molecule has 2 aromatic carbocycles. The second-order valence-electron chi connectivity index (χ2n) is 10.5. The summed E-state index contributed by atoms with van der Waals surface area (Å²) in [5, 5.41) is 10.1. The van der Waals surface area contributed by atoms with E-state index in [-0.39, 0.29) is 30.1 Å². The van der Waals surface area contributed by atoms with Crippen LogP contribution in [0.4, 0.5) is 5.69 Å². The lowest BCUT2D eigenvalue weighted by Gasteiger charge is -2.34. The molecule has 37 heavy (non-hydrogen) atoms. The molecule has 1 aliphatic heterocycles. The number of aromatic nitrogens is 1. The maximum Gasteiger partial charge on any atom is 0.335 e. The molecule has 0 unspecified atom stereocenters. The van der Waals surface area contributed by atoms with Gasteiger partial charge < -0.3 is 9.84 Å². The van der Waals surface area contributed by atoms with Crippen LogP contribution in [0.25, 0.3) is 10.6 Å². The van der Waals surface area contributed by atoms with Crippen molar-refractivity contribution >= 4 is 33.2 Å². The van der Waals surface area contributed by atoms with Crippen LogP contribution in [-0.4, -0.2) is 35.9 Å². The summed E-state index contributed by atoms with van der Waals surface area (Å²) in [6, 6.07) is 12.7. The van der Waals surface area contributed by atoms with Gasteiger partial charge in [-0.2, -0.15) is 12.7 Å². The Hall–Kier alpha value is -2.95. The number of hydrogen-bond donors (Lipinski definition) is 2. The van der Waals surface area contributed by atoms with Gasteiger partial charge in [-0.1, -0.05) is 38.1 Å². The highest BCUT2D eigenvalue weighted by molar-refractivity contribution is 7.90. The first-order valence-electron chi connectivity index (χ1n) is 12.3. The molecule has 196 valence electrons. The number of carbonyl (C=O) groups is 1. The molecule has 0 spiro atoms. The first-order valence-corrected chi connectivity index (χ1v) is 14.6. The van der Waals surface area contributed by atoms with E-state index in [0.717, 1.165) is 21.1 Å². The number of thiazole rings is 1. The second kappa shape index (κ2) is 9.74. The third-order valence-corrected chi connectivity index (χ3v) is 9.97. The summed E-state index contributed by atoms with van der Waals surface area (Å²) in [7, 11) is -2.54. The van der Waals surface area contributed by atoms with E-state index in [9.17, 15) is 13.2 Å². The highest BCUT2D eigenvalue weighted by atomic mass is 32.2. The molecule has 8 nitrogen and oxygen atoms in total. The number of carboxylic acids is 1. The maximum atomic E-state index is 13.1. The van der Waals surface area contributed by atoms with Crippen LogP contribution >= 0.6 is 11.3 Å². The van der Waals surface area contributed by atoms with Gasteiger partial charge in [0.05, 0.1) is 37.1 Å². The van der Waals surface area contributed by atoms with Gasteiger partial charge in [-0.05, 0) is 60.8 Å². The molecule has 0 bridgehead atoms. The molecule has 2 N–H and O–H groups in total. The van der Waals surface area contributed by atoms with Crippen LogP contribution in [0.15, 0.2) is 42.5 Å². The molecule has 0 amide bonds. The normalized spacial score (nSPS) is 17.9. The van der Waals surface area contributed by atoms with E-state index >= 15 is 0 Å². The summed E-state index contributed by atoms with van der Waals surface area (Å²) >= 11 is 1.52. The highest BCUT2D eigenvalue weighted by Gasteiger charge is 2.33. The van der Waals surface area contributed by atoms with Gasteiger partial charge in [0.1, 0.15) is 10.8 Å². The molecule has 2 aliphatic rings. The van der Waals surface area contributed by atoms with E-state index in [1.807, 2.05) is 0 Å². The van der Waals surface area contributed by atoms with Crippen LogP contribution in [0.1, 0.15) is 71.9 Å². The Labute approximate surface area is 221 Å². The van der Waals surface area contributed by atoms with Crippen molar-refractivity contribution in [2.24, 2.45) is 5.41 Å². The third-order valence-electron chi connectivity index (χ3n) is 7.42. The number of nitrogens with zero attached hydrogens (tertiary/aromatic N) is 2. The molecule has 0 saturated heterocycles. The maximum absolute atomic E-state index is 13.1. The molecule has 2 heterocycles. The number of methoxy groups -OCH3 is 1. The Balaban J connectivity index is 1.26. The SMILES string of the molecule is COc1cc(C(=O)O)ccc1NS(=O)(=O)N1Cc2nc(-c3ccc(C4CCC(C)(C)CC4)cc3)sc2C1. The molecule has 10 heteroatoms. The topological polar surface area (TPSA) is 109 Å². The van der Waals surface area contributed by atoms with Gasteiger partial charge in [0.25, 0.3) is 0 Å². The Morgan fingerprint density at radius 1 is 1.14 bits per heavy atom. The smallest absolute Gasteiger partial charge is 0.335 e. The van der Waals surface area contributed by atoms with Crippen LogP contribution < -0.4 is 9.46 Å². The molecule has 1 aromatic heterocycles. The van der Waals surface area contributed by atoms with Gasteiger partial charge >= 0.3 is 16.2 Å². The zero-order chi connectivity index (χ0) is 26.4. The standard InChI is InChI=1S/C27H31N3O5S2/c1-27(2)12-10-18(11-13-27)17-4-6-19(7-5-17)25-28-22-15-30(16-24(22)36-25)37(33,34)29-21-9-8-20(26(31)32)14-23(21)35-3/h4-9,14,18,29H,10-13,15-16H2,1-3H3,(H,31,32). The number of hydrogen-bond acceptors (Lipinski definition) is 6. The molecule has 1 saturated carbocycles. The summed E-state index contributed by atoms with van der Waals surface area (Å²) < 4.78 is 35.1. The van der Waals surface area contributed by atoms with Crippen molar-refractivity contribution in [3.63, 3.8) is 0 Å². The van der Waals surface area contributed by atoms with E-state index < -0.39 is 16.2 Å². The first-order chi connectivity index (χ1) is 17.5. The van der Waals surface area contributed by atoms with Crippen molar-refractivity contribution in [2.75, 3.05) is 11.8 Å². The van der Waals surface area contributed by atoms with E-state index in [2.05, 4.69) is 42.8 Å². The largest absolute Gasteiger partial charge is 0.495 e. The first kappa shape index (κ1) is 25.7. The Morgan fingerprint density at radius 2 is 1.84 bits per heavy atom. The summed E-state index contributed by atoms with van der Waals surface area (Å²) in [4.78, 5) is 16.9. The van der Waals surface area contributed by atoms with Crippen molar-refractivity contribution in [2.45, 2.75) is 58.5 Å². The number of fused-ring (bicyclic) bond motifs is 1. The summed E-state index contributed by atoms with van der Waals surface area (Å²) in [6.07, 6.45) is 4.97. The number of carboxylic acid groups (broad SMARTS) is 1. The predicted octanol–water partition coefficient (Wildman–Crippen LogP) is 5.87. The summed E-state index contributed by atoms with van der Waals surface area (Å²) in [5.41, 5.74) is 3.84. The molecular weight excluding hydrogens is 510 g/mol. The van der Waals surface area contributed by atoms with Gasteiger partial charge in [0.2, 0.25) is 0 Å². The van der Waals surface area contributed by atoms with Crippen LogP contribution in [0.5, 0.6) is 5.75 Å². The second-order valence-corrected chi connectivity index (χ2v) is 13.3. The Bertz CT molecular complexity index is 1400. The number of nitrogens with one attached hydrogen (secondary N) is 1. The van der Waals surface area contributed by atoms with Crippen molar-refractivity contribution < 1.29 is 23.1 Å². The van der Waals surface area contributed by atoms with Crippen LogP contribution in [-0.2, 0) is 23.3 Å². The van der Waals surface area contributed by atoms with E-state index in [0.29, 0.717) is 11.3 Å². The fraction of sp³-hybridized carbons (Fsp3) is 0.407. The zero-order valence-electron chi connectivity index (χ0n) is 21.2. The minimum atomic E-state index is -3.90. The van der Waals surface area contributed by atoms with Crippen molar-refractivity contribution in [3.8, 4) is 16.3 Å². The van der Waals surface area contributed by atoms with Crippen LogP contribution in [0.2, 0.25) is 0 Å². The van der Waals surface area contributed by atoms with Gasteiger partial charge in [0.15, 0.2) is 0 Å². The van der Waals surface area contributed by atoms with Crippen LogP contribution in [0, 0.1) is 5.41 Å². The lowest BCUT2D eigenvalue weighted by Crippen LogP contribution is -2.31. The monoisotopic (exact) mass is 541 g/mol. The van der Waals surface area contributed by atoms with Gasteiger partial charge in [0, 0.05) is 10.4 Å². The van der Waals surface area contributed by atoms with E-state index in [1.54, 1.807) is 0 Å². The molecule has 0 atom stereocenters. The van der Waals surface area contributed by atoms with E-state index in [1.165, 1.54) is 72.2 Å². The van der Waals surface area contributed by atoms with Gasteiger partial charge in [-0.15, -0.1) is 11.3 Å². The van der Waals surface area contributed by atoms with Crippen LogP contribution in [0.3, 0.4) is 0 Å². The lowest BCUT2D eigenvalue weighted by molar-refractivity contribution is 0.0696. The number of anilines is 1. The predicted molar refractivity (Wildman–Crippen MR) is 144 cm³/mol. The quantitative estimate of drug-likeness (QED) is 0.387.